The highest BCUT2D eigenvalue weighted by Crippen LogP contribution is 2.27. The maximum absolute atomic E-state index is 12.2. The van der Waals surface area contributed by atoms with E-state index in [0.717, 1.165) is 6.42 Å². The molecular weight excluding hydrogens is 288 g/mol. The number of nitrogens with two attached hydrogens (primary N) is 1. The zero-order valence-corrected chi connectivity index (χ0v) is 13.1. The standard InChI is InChI=1S/C15H24N2O3S/c16-10-12-20-14-5-7-15(8-6-14)21(18,19)17-11-9-13-3-1-2-4-13/h5-8,13,17H,1-4,9-12,16H2. The SMILES string of the molecule is NCCOc1ccc(S(=O)(=O)NCCC2CCCC2)cc1. The van der Waals surface area contributed by atoms with Gasteiger partial charge in [0.05, 0.1) is 4.90 Å². The molecule has 0 heterocycles. The molecule has 1 aromatic rings. The van der Waals surface area contributed by atoms with E-state index in [-0.39, 0.29) is 4.90 Å². The van der Waals surface area contributed by atoms with Crippen LogP contribution < -0.4 is 15.2 Å². The van der Waals surface area contributed by atoms with E-state index in [2.05, 4.69) is 4.72 Å². The first kappa shape index (κ1) is 16.3. The third-order valence-corrected chi connectivity index (χ3v) is 5.32. The van der Waals surface area contributed by atoms with Crippen molar-refractivity contribution < 1.29 is 13.2 Å². The minimum absolute atomic E-state index is 0.272. The van der Waals surface area contributed by atoms with Crippen molar-refractivity contribution in [3.63, 3.8) is 0 Å². The fraction of sp³-hybridized carbons (Fsp3) is 0.600. The van der Waals surface area contributed by atoms with Crippen LogP contribution >= 0.6 is 0 Å². The van der Waals surface area contributed by atoms with Crippen molar-refractivity contribution in [3.8, 4) is 5.75 Å². The molecule has 0 aliphatic heterocycles. The Bertz CT molecular complexity index is 522. The van der Waals surface area contributed by atoms with Gasteiger partial charge >= 0.3 is 0 Å². The molecule has 2 rings (SSSR count). The summed E-state index contributed by atoms with van der Waals surface area (Å²) in [4.78, 5) is 0.272. The molecule has 1 aromatic carbocycles. The lowest BCUT2D eigenvalue weighted by molar-refractivity contribution is 0.328. The Morgan fingerprint density at radius 3 is 2.48 bits per heavy atom. The van der Waals surface area contributed by atoms with E-state index in [9.17, 15) is 8.42 Å². The monoisotopic (exact) mass is 312 g/mol. The fourth-order valence-electron chi connectivity index (χ4n) is 2.67. The first-order valence-electron chi connectivity index (χ1n) is 7.54. The van der Waals surface area contributed by atoms with Gasteiger partial charge in [-0.1, -0.05) is 25.7 Å². The van der Waals surface area contributed by atoms with Gasteiger partial charge in [0, 0.05) is 13.1 Å². The molecule has 1 fully saturated rings. The molecule has 21 heavy (non-hydrogen) atoms. The molecule has 118 valence electrons. The second kappa shape index (κ2) is 7.77. The molecule has 1 aliphatic rings. The predicted octanol–water partition coefficient (Wildman–Crippen LogP) is 1.88. The summed E-state index contributed by atoms with van der Waals surface area (Å²) in [6, 6.07) is 6.43. The van der Waals surface area contributed by atoms with Crippen LogP contribution in [0.5, 0.6) is 5.75 Å². The zero-order chi connectivity index (χ0) is 15.1. The number of ether oxygens (including phenoxy) is 1. The van der Waals surface area contributed by atoms with E-state index in [4.69, 9.17) is 10.5 Å². The Balaban J connectivity index is 1.85. The summed E-state index contributed by atoms with van der Waals surface area (Å²) in [7, 11) is -3.42. The maximum Gasteiger partial charge on any atom is 0.240 e. The van der Waals surface area contributed by atoms with Crippen LogP contribution in [0.1, 0.15) is 32.1 Å². The highest BCUT2D eigenvalue weighted by Gasteiger charge is 2.17. The molecule has 0 unspecified atom stereocenters. The molecule has 0 saturated heterocycles. The topological polar surface area (TPSA) is 81.4 Å². The summed E-state index contributed by atoms with van der Waals surface area (Å²) in [6.07, 6.45) is 5.95. The van der Waals surface area contributed by atoms with Crippen molar-refractivity contribution in [3.05, 3.63) is 24.3 Å². The quantitative estimate of drug-likeness (QED) is 0.768. The predicted molar refractivity (Wildman–Crippen MR) is 82.8 cm³/mol. The zero-order valence-electron chi connectivity index (χ0n) is 12.3. The van der Waals surface area contributed by atoms with Gasteiger partial charge in [-0.15, -0.1) is 0 Å². The maximum atomic E-state index is 12.2. The van der Waals surface area contributed by atoms with Crippen LogP contribution in [0.2, 0.25) is 0 Å². The molecule has 0 bridgehead atoms. The molecule has 1 saturated carbocycles. The molecule has 0 radical (unpaired) electrons. The van der Waals surface area contributed by atoms with Gasteiger partial charge in [-0.3, -0.25) is 0 Å². The molecule has 0 amide bonds. The van der Waals surface area contributed by atoms with E-state index in [1.165, 1.54) is 25.7 Å². The van der Waals surface area contributed by atoms with Gasteiger partial charge in [0.1, 0.15) is 12.4 Å². The summed E-state index contributed by atoms with van der Waals surface area (Å²) in [6.45, 7) is 1.37. The van der Waals surface area contributed by atoms with Crippen LogP contribution in [0, 0.1) is 5.92 Å². The largest absolute Gasteiger partial charge is 0.492 e. The van der Waals surface area contributed by atoms with Gasteiger partial charge in [-0.2, -0.15) is 0 Å². The van der Waals surface area contributed by atoms with Gasteiger partial charge in [-0.25, -0.2) is 13.1 Å². The molecule has 0 aromatic heterocycles. The summed E-state index contributed by atoms with van der Waals surface area (Å²) < 4.78 is 32.3. The van der Waals surface area contributed by atoms with Gasteiger partial charge in [0.25, 0.3) is 0 Å². The van der Waals surface area contributed by atoms with E-state index >= 15 is 0 Å². The molecule has 3 N–H and O–H groups in total. The number of sulfonamides is 1. The Labute approximate surface area is 126 Å². The molecule has 6 heteroatoms. The van der Waals surface area contributed by atoms with Gasteiger partial charge < -0.3 is 10.5 Å². The van der Waals surface area contributed by atoms with Crippen LogP contribution in [-0.2, 0) is 10.0 Å². The summed E-state index contributed by atoms with van der Waals surface area (Å²) in [5, 5.41) is 0. The van der Waals surface area contributed by atoms with E-state index < -0.39 is 10.0 Å². The molecule has 5 nitrogen and oxygen atoms in total. The average molecular weight is 312 g/mol. The highest BCUT2D eigenvalue weighted by molar-refractivity contribution is 7.89. The number of benzene rings is 1. The number of hydrogen-bond donors (Lipinski definition) is 2. The third-order valence-electron chi connectivity index (χ3n) is 3.84. The van der Waals surface area contributed by atoms with Crippen LogP contribution in [0.25, 0.3) is 0 Å². The third kappa shape index (κ3) is 4.98. The molecule has 1 aliphatic carbocycles. The minimum atomic E-state index is -3.42. The van der Waals surface area contributed by atoms with Crippen LogP contribution in [-0.4, -0.2) is 28.1 Å². The lowest BCUT2D eigenvalue weighted by atomic mass is 10.1. The van der Waals surface area contributed by atoms with E-state index in [1.54, 1.807) is 24.3 Å². The Morgan fingerprint density at radius 1 is 1.19 bits per heavy atom. The Morgan fingerprint density at radius 2 is 1.86 bits per heavy atom. The first-order valence-corrected chi connectivity index (χ1v) is 9.03. The Kier molecular flexibility index (Phi) is 6.02. The van der Waals surface area contributed by atoms with Crippen molar-refractivity contribution in [1.82, 2.24) is 4.72 Å². The molecule has 0 spiro atoms. The highest BCUT2D eigenvalue weighted by atomic mass is 32.2. The molecule has 0 atom stereocenters. The second-order valence-corrected chi connectivity index (χ2v) is 7.21. The van der Waals surface area contributed by atoms with Crippen molar-refractivity contribution in [2.24, 2.45) is 11.7 Å². The fourth-order valence-corrected chi connectivity index (χ4v) is 3.72. The normalized spacial score (nSPS) is 16.2. The van der Waals surface area contributed by atoms with Crippen molar-refractivity contribution in [2.45, 2.75) is 37.0 Å². The van der Waals surface area contributed by atoms with E-state index in [1.807, 2.05) is 0 Å². The first-order chi connectivity index (χ1) is 10.1. The van der Waals surface area contributed by atoms with Crippen LogP contribution in [0.4, 0.5) is 0 Å². The second-order valence-electron chi connectivity index (χ2n) is 5.45. The van der Waals surface area contributed by atoms with Crippen molar-refractivity contribution in [2.75, 3.05) is 19.7 Å². The van der Waals surface area contributed by atoms with Gasteiger partial charge in [0.2, 0.25) is 10.0 Å². The van der Waals surface area contributed by atoms with Gasteiger partial charge in [-0.05, 0) is 36.6 Å². The summed E-state index contributed by atoms with van der Waals surface area (Å²) in [5.74, 6) is 1.31. The summed E-state index contributed by atoms with van der Waals surface area (Å²) >= 11 is 0. The average Bonchev–Trinajstić information content (AvgIpc) is 2.98. The Hall–Kier alpha value is -1.11. The lowest BCUT2D eigenvalue weighted by Crippen LogP contribution is -2.25. The van der Waals surface area contributed by atoms with Crippen molar-refractivity contribution >= 4 is 10.0 Å². The van der Waals surface area contributed by atoms with Crippen molar-refractivity contribution in [1.29, 1.82) is 0 Å². The number of rotatable bonds is 8. The number of nitrogens with one attached hydrogen (secondary N) is 1. The molecular formula is C15H24N2O3S. The smallest absolute Gasteiger partial charge is 0.240 e. The van der Waals surface area contributed by atoms with Gasteiger partial charge in [0.15, 0.2) is 0 Å². The lowest BCUT2D eigenvalue weighted by Gasteiger charge is -2.11. The van der Waals surface area contributed by atoms with E-state index in [0.29, 0.717) is 31.4 Å². The van der Waals surface area contributed by atoms with Crippen LogP contribution in [0.15, 0.2) is 29.2 Å². The minimum Gasteiger partial charge on any atom is -0.492 e. The van der Waals surface area contributed by atoms with Crippen LogP contribution in [0.3, 0.4) is 0 Å². The summed E-state index contributed by atoms with van der Waals surface area (Å²) in [5.41, 5.74) is 5.35. The number of hydrogen-bond acceptors (Lipinski definition) is 4.